The molecule has 1 aromatic carbocycles. The van der Waals surface area contributed by atoms with Gasteiger partial charge in [-0.1, -0.05) is 0 Å². The van der Waals surface area contributed by atoms with E-state index in [2.05, 4.69) is 25.8 Å². The van der Waals surface area contributed by atoms with Crippen LogP contribution in [-0.2, 0) is 6.54 Å². The van der Waals surface area contributed by atoms with Gasteiger partial charge in [0, 0.05) is 16.4 Å². The zero-order valence-corrected chi connectivity index (χ0v) is 13.0. The van der Waals surface area contributed by atoms with Gasteiger partial charge in [0.05, 0.1) is 29.0 Å². The van der Waals surface area contributed by atoms with Crippen molar-refractivity contribution in [1.29, 1.82) is 0 Å². The van der Waals surface area contributed by atoms with Gasteiger partial charge < -0.3 is 10.0 Å². The van der Waals surface area contributed by atoms with E-state index < -0.39 is 5.97 Å². The first-order valence-corrected chi connectivity index (χ1v) is 7.29. The number of aromatic carboxylic acids is 1. The molecule has 0 fully saturated rings. The number of hydrogen-bond acceptors (Lipinski definition) is 4. The van der Waals surface area contributed by atoms with Crippen LogP contribution in [0.2, 0.25) is 0 Å². The molecule has 0 amide bonds. The van der Waals surface area contributed by atoms with E-state index in [-0.39, 0.29) is 5.56 Å². The molecule has 0 saturated heterocycles. The molecule has 4 nitrogen and oxygen atoms in total. The summed E-state index contributed by atoms with van der Waals surface area (Å²) in [5, 5.41) is 8.94. The number of rotatable bonds is 4. The van der Waals surface area contributed by atoms with E-state index in [0.717, 1.165) is 22.4 Å². The average Bonchev–Trinajstić information content (AvgIpc) is 2.74. The number of thiazole rings is 1. The molecule has 0 saturated carbocycles. The summed E-state index contributed by atoms with van der Waals surface area (Å²) in [6.45, 7) is 2.74. The average molecular weight is 341 g/mol. The van der Waals surface area contributed by atoms with Crippen LogP contribution < -0.4 is 4.90 Å². The Balaban J connectivity index is 2.22. The normalized spacial score (nSPS) is 10.5. The van der Waals surface area contributed by atoms with Gasteiger partial charge >= 0.3 is 5.97 Å². The Bertz CT molecular complexity index is 612. The SMILES string of the molecule is Cc1ncsc1CN(C)c1ccc(C(=O)O)cc1Br. The van der Waals surface area contributed by atoms with E-state index in [9.17, 15) is 4.79 Å². The summed E-state index contributed by atoms with van der Waals surface area (Å²) in [7, 11) is 1.97. The monoisotopic (exact) mass is 340 g/mol. The highest BCUT2D eigenvalue weighted by molar-refractivity contribution is 9.10. The molecular weight excluding hydrogens is 328 g/mol. The third-order valence-corrected chi connectivity index (χ3v) is 4.39. The molecule has 0 spiro atoms. The minimum Gasteiger partial charge on any atom is -0.478 e. The molecule has 0 unspecified atom stereocenters. The second-order valence-electron chi connectivity index (χ2n) is 4.19. The first-order chi connectivity index (χ1) is 8.99. The lowest BCUT2D eigenvalue weighted by atomic mass is 10.2. The Morgan fingerprint density at radius 1 is 1.53 bits per heavy atom. The molecule has 0 bridgehead atoms. The Morgan fingerprint density at radius 3 is 2.79 bits per heavy atom. The van der Waals surface area contributed by atoms with Crippen molar-refractivity contribution in [3.05, 3.63) is 44.3 Å². The number of nitrogens with zero attached hydrogens (tertiary/aromatic N) is 2. The van der Waals surface area contributed by atoms with Crippen LogP contribution in [0.1, 0.15) is 20.9 Å². The summed E-state index contributed by atoms with van der Waals surface area (Å²) < 4.78 is 0.775. The number of aryl methyl sites for hydroxylation is 1. The number of carboxylic acid groups (broad SMARTS) is 1. The van der Waals surface area contributed by atoms with Gasteiger partial charge in [0.1, 0.15) is 0 Å². The molecule has 1 N–H and O–H groups in total. The summed E-state index contributed by atoms with van der Waals surface area (Å²) in [5.41, 5.74) is 4.10. The molecule has 1 aromatic heterocycles. The fraction of sp³-hybridized carbons (Fsp3) is 0.231. The fourth-order valence-electron chi connectivity index (χ4n) is 1.73. The molecule has 0 radical (unpaired) electrons. The van der Waals surface area contributed by atoms with E-state index in [4.69, 9.17) is 5.11 Å². The van der Waals surface area contributed by atoms with E-state index in [1.807, 2.05) is 25.5 Å². The predicted molar refractivity (Wildman–Crippen MR) is 80.1 cm³/mol. The van der Waals surface area contributed by atoms with Gasteiger partial charge in [-0.05, 0) is 41.1 Å². The van der Waals surface area contributed by atoms with Gasteiger partial charge in [-0.3, -0.25) is 0 Å². The summed E-state index contributed by atoms with van der Waals surface area (Å²) in [4.78, 5) is 18.4. The number of halogens is 1. The fourth-order valence-corrected chi connectivity index (χ4v) is 3.24. The Hall–Kier alpha value is -1.40. The van der Waals surface area contributed by atoms with Gasteiger partial charge in [0.15, 0.2) is 0 Å². The smallest absolute Gasteiger partial charge is 0.335 e. The zero-order chi connectivity index (χ0) is 14.0. The molecular formula is C13H13BrN2O2S. The van der Waals surface area contributed by atoms with Crippen molar-refractivity contribution < 1.29 is 9.90 Å². The highest BCUT2D eigenvalue weighted by Crippen LogP contribution is 2.28. The zero-order valence-electron chi connectivity index (χ0n) is 10.6. The van der Waals surface area contributed by atoms with Crippen molar-refractivity contribution in [2.45, 2.75) is 13.5 Å². The van der Waals surface area contributed by atoms with E-state index in [0.29, 0.717) is 0 Å². The second kappa shape index (κ2) is 5.71. The van der Waals surface area contributed by atoms with E-state index >= 15 is 0 Å². The summed E-state index contributed by atoms with van der Waals surface area (Å²) in [5.74, 6) is -0.923. The highest BCUT2D eigenvalue weighted by Gasteiger charge is 2.12. The Morgan fingerprint density at radius 2 is 2.26 bits per heavy atom. The minimum atomic E-state index is -0.923. The number of carbonyl (C=O) groups is 1. The maximum absolute atomic E-state index is 10.9. The quantitative estimate of drug-likeness (QED) is 0.924. The van der Waals surface area contributed by atoms with Crippen LogP contribution in [0, 0.1) is 6.92 Å². The van der Waals surface area contributed by atoms with Gasteiger partial charge in [0.2, 0.25) is 0 Å². The molecule has 0 aliphatic heterocycles. The number of carboxylic acids is 1. The van der Waals surface area contributed by atoms with Crippen LogP contribution in [0.15, 0.2) is 28.2 Å². The van der Waals surface area contributed by atoms with Crippen LogP contribution in [0.25, 0.3) is 0 Å². The topological polar surface area (TPSA) is 53.4 Å². The van der Waals surface area contributed by atoms with Crippen molar-refractivity contribution in [3.63, 3.8) is 0 Å². The number of benzene rings is 1. The van der Waals surface area contributed by atoms with Gasteiger partial charge in [-0.15, -0.1) is 11.3 Å². The summed E-state index contributed by atoms with van der Waals surface area (Å²) >= 11 is 5.05. The largest absolute Gasteiger partial charge is 0.478 e. The number of hydrogen-bond donors (Lipinski definition) is 1. The predicted octanol–water partition coefficient (Wildman–Crippen LogP) is 3.55. The summed E-state index contributed by atoms with van der Waals surface area (Å²) in [6.07, 6.45) is 0. The van der Waals surface area contributed by atoms with Gasteiger partial charge in [-0.25, -0.2) is 9.78 Å². The third kappa shape index (κ3) is 3.13. The molecule has 100 valence electrons. The molecule has 1 heterocycles. The standard InChI is InChI=1S/C13H13BrN2O2S/c1-8-12(19-7-15-8)6-16(2)11-4-3-9(13(17)18)5-10(11)14/h3-5,7H,6H2,1-2H3,(H,17,18). The van der Waals surface area contributed by atoms with E-state index in [1.165, 1.54) is 4.88 Å². The number of aromatic nitrogens is 1. The van der Waals surface area contributed by atoms with Crippen LogP contribution in [0.3, 0.4) is 0 Å². The van der Waals surface area contributed by atoms with Crippen molar-refractivity contribution in [2.24, 2.45) is 0 Å². The molecule has 2 aromatic rings. The minimum absolute atomic E-state index is 0.276. The molecule has 0 atom stereocenters. The van der Waals surface area contributed by atoms with Crippen molar-refractivity contribution in [3.8, 4) is 0 Å². The second-order valence-corrected chi connectivity index (χ2v) is 5.98. The van der Waals surface area contributed by atoms with Crippen LogP contribution in [0.4, 0.5) is 5.69 Å². The Kier molecular flexibility index (Phi) is 4.21. The number of anilines is 1. The highest BCUT2D eigenvalue weighted by atomic mass is 79.9. The van der Waals surface area contributed by atoms with Crippen LogP contribution in [0.5, 0.6) is 0 Å². The maximum atomic E-state index is 10.9. The van der Waals surface area contributed by atoms with Crippen LogP contribution in [-0.4, -0.2) is 23.1 Å². The first-order valence-electron chi connectivity index (χ1n) is 5.62. The van der Waals surface area contributed by atoms with Crippen molar-refractivity contribution in [1.82, 2.24) is 4.98 Å². The first kappa shape index (κ1) is 14.0. The molecule has 0 aliphatic rings. The lowest BCUT2D eigenvalue weighted by Crippen LogP contribution is -2.17. The van der Waals surface area contributed by atoms with Gasteiger partial charge in [0.25, 0.3) is 0 Å². The van der Waals surface area contributed by atoms with Crippen molar-refractivity contribution >= 4 is 38.9 Å². The summed E-state index contributed by atoms with van der Waals surface area (Å²) in [6, 6.07) is 5.04. The van der Waals surface area contributed by atoms with Gasteiger partial charge in [-0.2, -0.15) is 0 Å². The maximum Gasteiger partial charge on any atom is 0.335 e. The lowest BCUT2D eigenvalue weighted by Gasteiger charge is -2.20. The van der Waals surface area contributed by atoms with E-state index in [1.54, 1.807) is 23.5 Å². The molecule has 6 heteroatoms. The Labute approximate surface area is 123 Å². The molecule has 2 rings (SSSR count). The third-order valence-electron chi connectivity index (χ3n) is 2.83. The van der Waals surface area contributed by atoms with Crippen molar-refractivity contribution in [2.75, 3.05) is 11.9 Å². The molecule has 0 aliphatic carbocycles. The lowest BCUT2D eigenvalue weighted by molar-refractivity contribution is 0.0697. The molecule has 19 heavy (non-hydrogen) atoms. The van der Waals surface area contributed by atoms with Crippen LogP contribution >= 0.6 is 27.3 Å².